The van der Waals surface area contributed by atoms with Crippen molar-refractivity contribution in [3.05, 3.63) is 23.3 Å². The highest BCUT2D eigenvalue weighted by Gasteiger charge is 2.46. The molecule has 4 rings (SSSR count). The zero-order chi connectivity index (χ0) is 20.0. The number of carbonyl (C=O) groups excluding carboxylic acids is 4. The molecule has 1 saturated heterocycles. The topological polar surface area (TPSA) is 113 Å². The number of piperidine rings is 1. The molecule has 1 aromatic carbocycles. The fourth-order valence-corrected chi connectivity index (χ4v) is 4.54. The molecule has 3 aliphatic rings. The van der Waals surface area contributed by atoms with Crippen molar-refractivity contribution in [2.75, 3.05) is 17.7 Å². The van der Waals surface area contributed by atoms with Crippen LogP contribution in [-0.4, -0.2) is 47.7 Å². The van der Waals surface area contributed by atoms with Crippen molar-refractivity contribution < 1.29 is 19.2 Å². The number of nitrogen functional groups attached to an aromatic ring is 1. The van der Waals surface area contributed by atoms with Gasteiger partial charge in [0.25, 0.3) is 11.8 Å². The van der Waals surface area contributed by atoms with Crippen LogP contribution >= 0.6 is 0 Å². The Morgan fingerprint density at radius 3 is 2.43 bits per heavy atom. The second-order valence-electron chi connectivity index (χ2n) is 7.77. The first kappa shape index (κ1) is 18.5. The molecular formula is C20H24N4O4. The molecule has 2 heterocycles. The van der Waals surface area contributed by atoms with E-state index in [0.717, 1.165) is 23.4 Å². The number of rotatable bonds is 3. The van der Waals surface area contributed by atoms with E-state index in [9.17, 15) is 19.2 Å². The highest BCUT2D eigenvalue weighted by Crippen LogP contribution is 2.38. The number of anilines is 2. The lowest BCUT2D eigenvalue weighted by molar-refractivity contribution is -0.136. The van der Waals surface area contributed by atoms with Crippen molar-refractivity contribution in [3.63, 3.8) is 0 Å². The number of carbonyl (C=O) groups is 4. The number of amides is 4. The van der Waals surface area contributed by atoms with E-state index in [2.05, 4.69) is 10.2 Å². The van der Waals surface area contributed by atoms with Crippen LogP contribution in [0.4, 0.5) is 11.4 Å². The van der Waals surface area contributed by atoms with E-state index in [1.165, 1.54) is 19.3 Å². The molecule has 1 saturated carbocycles. The number of benzene rings is 1. The van der Waals surface area contributed by atoms with E-state index in [1.807, 2.05) is 7.05 Å². The zero-order valence-electron chi connectivity index (χ0n) is 15.9. The summed E-state index contributed by atoms with van der Waals surface area (Å²) in [4.78, 5) is 52.5. The molecule has 8 heteroatoms. The summed E-state index contributed by atoms with van der Waals surface area (Å²) in [5.74, 6) is -2.11. The Hall–Kier alpha value is -2.90. The van der Waals surface area contributed by atoms with Crippen molar-refractivity contribution >= 4 is 35.0 Å². The van der Waals surface area contributed by atoms with E-state index >= 15 is 0 Å². The second kappa shape index (κ2) is 6.92. The summed E-state index contributed by atoms with van der Waals surface area (Å²) in [6.45, 7) is 0. The third kappa shape index (κ3) is 2.83. The molecule has 8 nitrogen and oxygen atoms in total. The van der Waals surface area contributed by atoms with Crippen LogP contribution in [0, 0.1) is 0 Å². The smallest absolute Gasteiger partial charge is 0.264 e. The van der Waals surface area contributed by atoms with Gasteiger partial charge in [-0.3, -0.25) is 29.4 Å². The lowest BCUT2D eigenvalue weighted by atomic mass is 9.93. The number of fused-ring (bicyclic) bond motifs is 1. The predicted molar refractivity (Wildman–Crippen MR) is 103 cm³/mol. The molecule has 0 spiro atoms. The monoisotopic (exact) mass is 384 g/mol. The van der Waals surface area contributed by atoms with Crippen LogP contribution in [0.2, 0.25) is 0 Å². The summed E-state index contributed by atoms with van der Waals surface area (Å²) in [6.07, 6.45) is 5.93. The molecule has 0 bridgehead atoms. The van der Waals surface area contributed by atoms with E-state index in [-0.39, 0.29) is 29.7 Å². The van der Waals surface area contributed by atoms with Gasteiger partial charge in [-0.1, -0.05) is 19.3 Å². The quantitative estimate of drug-likeness (QED) is 0.602. The minimum absolute atomic E-state index is 0.0922. The molecule has 0 radical (unpaired) electrons. The summed E-state index contributed by atoms with van der Waals surface area (Å²) in [5.41, 5.74) is 7.73. The Morgan fingerprint density at radius 2 is 1.75 bits per heavy atom. The molecule has 28 heavy (non-hydrogen) atoms. The molecule has 0 aromatic heterocycles. The molecule has 3 N–H and O–H groups in total. The molecule has 2 aliphatic heterocycles. The van der Waals surface area contributed by atoms with Crippen LogP contribution in [0.15, 0.2) is 12.1 Å². The van der Waals surface area contributed by atoms with Gasteiger partial charge in [-0.05, 0) is 31.4 Å². The van der Waals surface area contributed by atoms with Gasteiger partial charge in [-0.2, -0.15) is 0 Å². The molecular weight excluding hydrogens is 360 g/mol. The van der Waals surface area contributed by atoms with Gasteiger partial charge in [0.1, 0.15) is 6.04 Å². The van der Waals surface area contributed by atoms with Crippen molar-refractivity contribution in [2.45, 2.75) is 57.0 Å². The minimum Gasteiger partial charge on any atom is -0.396 e. The van der Waals surface area contributed by atoms with Crippen molar-refractivity contribution in [3.8, 4) is 0 Å². The van der Waals surface area contributed by atoms with Crippen LogP contribution in [-0.2, 0) is 9.59 Å². The summed E-state index contributed by atoms with van der Waals surface area (Å²) in [6, 6.07) is 2.77. The molecule has 1 aliphatic carbocycles. The first-order chi connectivity index (χ1) is 13.4. The summed E-state index contributed by atoms with van der Waals surface area (Å²) < 4.78 is 0. The van der Waals surface area contributed by atoms with Gasteiger partial charge in [0.05, 0.1) is 22.5 Å². The molecule has 4 amide bonds. The van der Waals surface area contributed by atoms with Crippen molar-refractivity contribution in [1.82, 2.24) is 10.2 Å². The maximum absolute atomic E-state index is 13.0. The van der Waals surface area contributed by atoms with Crippen molar-refractivity contribution in [1.29, 1.82) is 0 Å². The van der Waals surface area contributed by atoms with Crippen LogP contribution < -0.4 is 16.0 Å². The number of hydrogen-bond acceptors (Lipinski definition) is 6. The molecule has 148 valence electrons. The van der Waals surface area contributed by atoms with Gasteiger partial charge in [-0.15, -0.1) is 0 Å². The maximum Gasteiger partial charge on any atom is 0.264 e. The first-order valence-corrected chi connectivity index (χ1v) is 9.77. The molecule has 1 aromatic rings. The highest BCUT2D eigenvalue weighted by molar-refractivity contribution is 6.26. The Morgan fingerprint density at radius 1 is 1.04 bits per heavy atom. The third-order valence-corrected chi connectivity index (χ3v) is 6.13. The van der Waals surface area contributed by atoms with Gasteiger partial charge in [0.15, 0.2) is 0 Å². The normalized spacial score (nSPS) is 23.0. The molecule has 1 unspecified atom stereocenters. The number of hydrogen-bond donors (Lipinski definition) is 2. The Kier molecular flexibility index (Phi) is 4.56. The summed E-state index contributed by atoms with van der Waals surface area (Å²) in [5, 5.41) is 2.20. The predicted octanol–water partition coefficient (Wildman–Crippen LogP) is 1.44. The van der Waals surface area contributed by atoms with Gasteiger partial charge >= 0.3 is 0 Å². The van der Waals surface area contributed by atoms with Crippen LogP contribution in [0.1, 0.15) is 65.7 Å². The minimum atomic E-state index is -0.982. The lowest BCUT2D eigenvalue weighted by Gasteiger charge is -2.34. The Balaban J connectivity index is 1.66. The highest BCUT2D eigenvalue weighted by atomic mass is 16.2. The van der Waals surface area contributed by atoms with Gasteiger partial charge < -0.3 is 10.6 Å². The van der Waals surface area contributed by atoms with Crippen LogP contribution in [0.3, 0.4) is 0 Å². The van der Waals surface area contributed by atoms with E-state index in [4.69, 9.17) is 5.73 Å². The number of imide groups is 2. The average Bonchev–Trinajstić information content (AvgIpc) is 2.94. The number of nitrogens with two attached hydrogens (primary N) is 1. The fourth-order valence-electron chi connectivity index (χ4n) is 4.54. The lowest BCUT2D eigenvalue weighted by Crippen LogP contribution is -2.54. The van der Waals surface area contributed by atoms with Gasteiger partial charge in [-0.25, -0.2) is 0 Å². The summed E-state index contributed by atoms with van der Waals surface area (Å²) in [7, 11) is 1.97. The second-order valence-corrected chi connectivity index (χ2v) is 7.77. The number of nitrogens with zero attached hydrogens (tertiary/aromatic N) is 2. The van der Waals surface area contributed by atoms with Crippen LogP contribution in [0.25, 0.3) is 0 Å². The Labute approximate surface area is 163 Å². The third-order valence-electron chi connectivity index (χ3n) is 6.13. The first-order valence-electron chi connectivity index (χ1n) is 9.77. The van der Waals surface area contributed by atoms with E-state index in [1.54, 1.807) is 12.1 Å². The zero-order valence-corrected chi connectivity index (χ0v) is 15.9. The summed E-state index contributed by atoms with van der Waals surface area (Å²) >= 11 is 0. The van der Waals surface area contributed by atoms with Crippen LogP contribution in [0.5, 0.6) is 0 Å². The van der Waals surface area contributed by atoms with Gasteiger partial charge in [0.2, 0.25) is 11.8 Å². The van der Waals surface area contributed by atoms with Gasteiger partial charge in [0, 0.05) is 19.5 Å². The van der Waals surface area contributed by atoms with E-state index < -0.39 is 29.7 Å². The molecule has 1 atom stereocenters. The SMILES string of the molecule is CN(c1ccc2c(c1N)C(=O)N(C1CCC(=O)NC1=O)C2=O)C1CCCCC1. The fraction of sp³-hybridized carbons (Fsp3) is 0.500. The standard InChI is InChI=1S/C20H24N4O4/c1-23(11-5-3-2-4-6-11)13-8-7-12-16(17(13)21)20(28)24(19(12)27)14-9-10-15(25)22-18(14)26/h7-8,11,14H,2-6,9-10,21H2,1H3,(H,22,25,26). The largest absolute Gasteiger partial charge is 0.396 e. The maximum atomic E-state index is 13.0. The Bertz CT molecular complexity index is 875. The number of nitrogens with one attached hydrogen (secondary N) is 1. The average molecular weight is 384 g/mol. The van der Waals surface area contributed by atoms with E-state index in [0.29, 0.717) is 6.04 Å². The molecule has 2 fully saturated rings. The van der Waals surface area contributed by atoms with Crippen molar-refractivity contribution in [2.24, 2.45) is 0 Å².